The summed E-state index contributed by atoms with van der Waals surface area (Å²) in [6.45, 7) is 8.75. The molecule has 0 spiro atoms. The van der Waals surface area contributed by atoms with Crippen LogP contribution in [-0.2, 0) is 4.79 Å². The molecule has 3 atom stereocenters. The summed E-state index contributed by atoms with van der Waals surface area (Å²) in [6, 6.07) is 0. The van der Waals surface area contributed by atoms with Gasteiger partial charge in [-0.25, -0.2) is 0 Å². The van der Waals surface area contributed by atoms with Gasteiger partial charge in [-0.1, -0.05) is 46.3 Å². The Hall–Kier alpha value is -0.240. The van der Waals surface area contributed by atoms with Crippen LogP contribution in [0.15, 0.2) is 0 Å². The highest BCUT2D eigenvalue weighted by Gasteiger charge is 2.41. The van der Waals surface area contributed by atoms with E-state index in [4.69, 9.17) is 12.2 Å². The van der Waals surface area contributed by atoms with Crippen molar-refractivity contribution in [2.24, 2.45) is 23.2 Å². The van der Waals surface area contributed by atoms with E-state index in [1.165, 1.54) is 19.3 Å². The number of carbonyl (C=O) groups excluding carboxylic acids is 1. The Labute approximate surface area is 105 Å². The lowest BCUT2D eigenvalue weighted by Crippen LogP contribution is -2.39. The van der Waals surface area contributed by atoms with Crippen molar-refractivity contribution in [1.82, 2.24) is 0 Å². The van der Waals surface area contributed by atoms with Gasteiger partial charge in [-0.2, -0.15) is 0 Å². The SMILES string of the molecule is CC(C=S)CC(=O)[C@@H]1C(C)CCCC1(C)C. The molecule has 1 rings (SSSR count). The fourth-order valence-electron chi connectivity index (χ4n) is 3.22. The van der Waals surface area contributed by atoms with Crippen LogP contribution in [0.1, 0.15) is 53.4 Å². The fraction of sp³-hybridized carbons (Fsp3) is 0.857. The highest BCUT2D eigenvalue weighted by Crippen LogP contribution is 2.44. The second kappa shape index (κ2) is 5.39. The lowest BCUT2D eigenvalue weighted by molar-refractivity contribution is -0.131. The van der Waals surface area contributed by atoms with Gasteiger partial charge in [0, 0.05) is 12.3 Å². The van der Waals surface area contributed by atoms with Crippen molar-refractivity contribution in [2.45, 2.75) is 53.4 Å². The van der Waals surface area contributed by atoms with Crippen molar-refractivity contribution in [3.63, 3.8) is 0 Å². The van der Waals surface area contributed by atoms with Gasteiger partial charge in [0.15, 0.2) is 0 Å². The largest absolute Gasteiger partial charge is 0.299 e. The predicted molar refractivity (Wildman–Crippen MR) is 72.7 cm³/mol. The van der Waals surface area contributed by atoms with Crippen molar-refractivity contribution in [3.05, 3.63) is 0 Å². The molecular weight excluding hydrogens is 216 g/mol. The topological polar surface area (TPSA) is 17.1 Å². The van der Waals surface area contributed by atoms with Gasteiger partial charge in [-0.3, -0.25) is 4.79 Å². The van der Waals surface area contributed by atoms with E-state index in [0.717, 1.165) is 0 Å². The van der Waals surface area contributed by atoms with Crippen LogP contribution in [0.25, 0.3) is 0 Å². The van der Waals surface area contributed by atoms with Gasteiger partial charge in [0.2, 0.25) is 0 Å². The normalized spacial score (nSPS) is 30.8. The summed E-state index contributed by atoms with van der Waals surface area (Å²) in [6.07, 6.45) is 4.27. The zero-order valence-electron chi connectivity index (χ0n) is 11.0. The number of rotatable bonds is 4. The molecule has 0 saturated heterocycles. The van der Waals surface area contributed by atoms with E-state index in [2.05, 4.69) is 20.8 Å². The zero-order valence-corrected chi connectivity index (χ0v) is 11.8. The maximum absolute atomic E-state index is 12.3. The maximum atomic E-state index is 12.3. The van der Waals surface area contributed by atoms with E-state index in [1.807, 2.05) is 6.92 Å². The molecule has 92 valence electrons. The smallest absolute Gasteiger partial charge is 0.137 e. The molecule has 0 bridgehead atoms. The van der Waals surface area contributed by atoms with Crippen LogP contribution in [0.3, 0.4) is 0 Å². The van der Waals surface area contributed by atoms with Crippen molar-refractivity contribution < 1.29 is 4.79 Å². The molecule has 1 saturated carbocycles. The molecule has 0 N–H and O–H groups in total. The van der Waals surface area contributed by atoms with Crippen LogP contribution >= 0.6 is 12.2 Å². The molecule has 0 radical (unpaired) electrons. The fourth-order valence-corrected chi connectivity index (χ4v) is 3.31. The third-order valence-corrected chi connectivity index (χ3v) is 4.46. The summed E-state index contributed by atoms with van der Waals surface area (Å²) in [5.74, 6) is 1.44. The first-order valence-electron chi connectivity index (χ1n) is 6.36. The second-order valence-corrected chi connectivity index (χ2v) is 6.39. The number of hydrogen-bond donors (Lipinski definition) is 0. The first kappa shape index (κ1) is 13.8. The molecule has 1 nitrogen and oxygen atoms in total. The number of Topliss-reactive ketones (excluding diaryl/α,β-unsaturated/α-hetero) is 1. The molecule has 2 heteroatoms. The van der Waals surface area contributed by atoms with Crippen LogP contribution in [0.5, 0.6) is 0 Å². The molecule has 0 aromatic carbocycles. The van der Waals surface area contributed by atoms with Crippen molar-refractivity contribution >= 4 is 23.4 Å². The van der Waals surface area contributed by atoms with E-state index in [0.29, 0.717) is 18.1 Å². The first-order valence-corrected chi connectivity index (χ1v) is 6.83. The molecule has 1 aliphatic carbocycles. The third-order valence-electron chi connectivity index (χ3n) is 3.99. The van der Waals surface area contributed by atoms with Crippen molar-refractivity contribution in [2.75, 3.05) is 0 Å². The van der Waals surface area contributed by atoms with E-state index in [9.17, 15) is 4.79 Å². The number of ketones is 1. The summed E-state index contributed by atoms with van der Waals surface area (Å²) >= 11 is 4.90. The van der Waals surface area contributed by atoms with Crippen LogP contribution < -0.4 is 0 Å². The molecule has 0 aromatic heterocycles. The van der Waals surface area contributed by atoms with Gasteiger partial charge >= 0.3 is 0 Å². The first-order chi connectivity index (χ1) is 7.38. The van der Waals surface area contributed by atoms with Gasteiger partial charge < -0.3 is 0 Å². The number of hydrogen-bond acceptors (Lipinski definition) is 2. The second-order valence-electron chi connectivity index (χ2n) is 6.12. The van der Waals surface area contributed by atoms with E-state index >= 15 is 0 Å². The maximum Gasteiger partial charge on any atom is 0.137 e. The Morgan fingerprint density at radius 2 is 2.19 bits per heavy atom. The van der Waals surface area contributed by atoms with Crippen LogP contribution in [0.4, 0.5) is 0 Å². The van der Waals surface area contributed by atoms with Gasteiger partial charge in [0.1, 0.15) is 5.78 Å². The van der Waals surface area contributed by atoms with Gasteiger partial charge in [0.25, 0.3) is 0 Å². The molecule has 0 aliphatic heterocycles. The summed E-state index contributed by atoms with van der Waals surface area (Å²) in [4.78, 5) is 12.3. The van der Waals surface area contributed by atoms with Gasteiger partial charge in [0.05, 0.1) is 0 Å². The monoisotopic (exact) mass is 240 g/mol. The Kier molecular flexibility index (Phi) is 4.66. The number of thiocarbonyl (C=S) groups is 1. The minimum absolute atomic E-state index is 0.177. The van der Waals surface area contributed by atoms with E-state index in [1.54, 1.807) is 5.37 Å². The summed E-state index contributed by atoms with van der Waals surface area (Å²) in [5, 5.41) is 1.72. The zero-order chi connectivity index (χ0) is 12.3. The van der Waals surface area contributed by atoms with Crippen LogP contribution in [0, 0.1) is 23.2 Å². The molecule has 1 aliphatic rings. The Morgan fingerprint density at radius 1 is 1.56 bits per heavy atom. The van der Waals surface area contributed by atoms with E-state index in [-0.39, 0.29) is 17.3 Å². The van der Waals surface area contributed by atoms with Gasteiger partial charge in [-0.05, 0) is 35.5 Å². The molecule has 1 fully saturated rings. The summed E-state index contributed by atoms with van der Waals surface area (Å²) in [7, 11) is 0. The quantitative estimate of drug-likeness (QED) is 0.690. The lowest BCUT2D eigenvalue weighted by Gasteiger charge is -2.42. The molecule has 2 unspecified atom stereocenters. The summed E-state index contributed by atoms with van der Waals surface area (Å²) in [5.41, 5.74) is 0.177. The summed E-state index contributed by atoms with van der Waals surface area (Å²) < 4.78 is 0. The lowest BCUT2D eigenvalue weighted by atomic mass is 9.62. The highest BCUT2D eigenvalue weighted by atomic mass is 32.1. The Bertz CT molecular complexity index is 270. The van der Waals surface area contributed by atoms with Crippen LogP contribution in [0.2, 0.25) is 0 Å². The average molecular weight is 240 g/mol. The average Bonchev–Trinajstić information content (AvgIpc) is 2.15. The van der Waals surface area contributed by atoms with Crippen LogP contribution in [-0.4, -0.2) is 11.2 Å². The highest BCUT2D eigenvalue weighted by molar-refractivity contribution is 7.79. The molecule has 16 heavy (non-hydrogen) atoms. The van der Waals surface area contributed by atoms with Crippen molar-refractivity contribution in [1.29, 1.82) is 0 Å². The molecular formula is C14H24OS. The predicted octanol–water partition coefficient (Wildman–Crippen LogP) is 4.04. The molecule has 0 heterocycles. The van der Waals surface area contributed by atoms with E-state index < -0.39 is 0 Å². The standard InChI is InChI=1S/C14H24OS/c1-10(9-16)8-12(15)13-11(2)6-5-7-14(13,3)4/h9-11,13H,5-8H2,1-4H3/t10?,11?,13-/m0/s1. The Morgan fingerprint density at radius 3 is 2.69 bits per heavy atom. The third kappa shape index (κ3) is 3.13. The molecule has 0 amide bonds. The minimum Gasteiger partial charge on any atom is -0.299 e. The Balaban J connectivity index is 2.74. The van der Waals surface area contributed by atoms with Crippen molar-refractivity contribution in [3.8, 4) is 0 Å². The van der Waals surface area contributed by atoms with Gasteiger partial charge in [-0.15, -0.1) is 0 Å². The molecule has 0 aromatic rings. The minimum atomic E-state index is 0.177. The number of carbonyl (C=O) groups is 1.